The fourth-order valence-corrected chi connectivity index (χ4v) is 7.86. The van der Waals surface area contributed by atoms with Gasteiger partial charge in [-0.15, -0.1) is 15.3 Å². The highest BCUT2D eigenvalue weighted by atomic mass is 16.5. The van der Waals surface area contributed by atoms with Gasteiger partial charge in [-0.2, -0.15) is 9.67 Å². The number of aromatic nitrogens is 5. The van der Waals surface area contributed by atoms with E-state index in [0.29, 0.717) is 29.7 Å². The second-order valence-corrected chi connectivity index (χ2v) is 13.0. The van der Waals surface area contributed by atoms with E-state index in [-0.39, 0.29) is 5.60 Å². The van der Waals surface area contributed by atoms with Crippen LogP contribution in [0.2, 0.25) is 0 Å². The summed E-state index contributed by atoms with van der Waals surface area (Å²) in [6.07, 6.45) is 15.8. The van der Waals surface area contributed by atoms with E-state index in [9.17, 15) is 0 Å². The maximum Gasteiger partial charge on any atom is 0.248 e. The van der Waals surface area contributed by atoms with Crippen molar-refractivity contribution in [2.45, 2.75) is 82.8 Å². The predicted molar refractivity (Wildman–Crippen MR) is 164 cm³/mol. The minimum atomic E-state index is 0.172. The summed E-state index contributed by atoms with van der Waals surface area (Å²) >= 11 is 0. The topological polar surface area (TPSA) is 107 Å². The summed E-state index contributed by atoms with van der Waals surface area (Å²) in [5.41, 5.74) is 15.4. The maximum absolute atomic E-state index is 6.35. The number of nitrogen functional groups attached to an aromatic ring is 1. The summed E-state index contributed by atoms with van der Waals surface area (Å²) in [5.74, 6) is 1.83. The summed E-state index contributed by atoms with van der Waals surface area (Å²) in [7, 11) is 0. The van der Waals surface area contributed by atoms with Gasteiger partial charge in [0.2, 0.25) is 11.9 Å². The van der Waals surface area contributed by atoms with Crippen LogP contribution < -0.4 is 11.1 Å². The molecule has 0 saturated carbocycles. The van der Waals surface area contributed by atoms with Crippen LogP contribution >= 0.6 is 0 Å². The summed E-state index contributed by atoms with van der Waals surface area (Å²) < 4.78 is 7.57. The van der Waals surface area contributed by atoms with Gasteiger partial charge in [0.15, 0.2) is 5.82 Å². The van der Waals surface area contributed by atoms with E-state index in [0.717, 1.165) is 63.1 Å². The fraction of sp³-hybridized carbons (Fsp3) is 0.515. The molecule has 3 N–H and O–H groups in total. The van der Waals surface area contributed by atoms with Crippen LogP contribution in [0, 0.1) is 5.92 Å². The third-order valence-electron chi connectivity index (χ3n) is 10.3. The first-order valence-electron chi connectivity index (χ1n) is 15.8. The number of anilines is 3. The van der Waals surface area contributed by atoms with Crippen molar-refractivity contribution in [1.82, 2.24) is 29.9 Å². The zero-order valence-electron chi connectivity index (χ0n) is 24.5. The van der Waals surface area contributed by atoms with Crippen LogP contribution in [0.25, 0.3) is 11.4 Å². The van der Waals surface area contributed by atoms with Crippen molar-refractivity contribution in [2.24, 2.45) is 5.92 Å². The van der Waals surface area contributed by atoms with Crippen LogP contribution in [0.3, 0.4) is 0 Å². The molecule has 1 spiro atoms. The van der Waals surface area contributed by atoms with Crippen molar-refractivity contribution < 1.29 is 4.74 Å². The van der Waals surface area contributed by atoms with E-state index >= 15 is 0 Å². The van der Waals surface area contributed by atoms with Crippen molar-refractivity contribution in [2.75, 3.05) is 30.7 Å². The van der Waals surface area contributed by atoms with E-state index < -0.39 is 0 Å². The molecule has 0 radical (unpaired) electrons. The molecule has 2 aromatic heterocycles. The Labute approximate surface area is 247 Å². The maximum atomic E-state index is 6.35. The normalized spacial score (nSPS) is 27.2. The Morgan fingerprint density at radius 2 is 1.90 bits per heavy atom. The van der Waals surface area contributed by atoms with Crippen LogP contribution in [0.15, 0.2) is 42.0 Å². The molecular formula is C33H40N8O. The van der Waals surface area contributed by atoms with Gasteiger partial charge in [0.1, 0.15) is 0 Å². The first-order valence-corrected chi connectivity index (χ1v) is 15.8. The van der Waals surface area contributed by atoms with Gasteiger partial charge < -0.3 is 15.8 Å². The van der Waals surface area contributed by atoms with Crippen LogP contribution in [0.4, 0.5) is 17.6 Å². The molecule has 8 rings (SSSR count). The Balaban J connectivity index is 0.984. The van der Waals surface area contributed by atoms with Crippen molar-refractivity contribution in [3.8, 4) is 5.82 Å². The Morgan fingerprint density at radius 3 is 2.74 bits per heavy atom. The van der Waals surface area contributed by atoms with Crippen LogP contribution in [-0.2, 0) is 24.0 Å². The molecule has 0 amide bonds. The van der Waals surface area contributed by atoms with Gasteiger partial charge >= 0.3 is 0 Å². The zero-order chi connectivity index (χ0) is 28.3. The quantitative estimate of drug-likeness (QED) is 0.418. The lowest BCUT2D eigenvalue weighted by molar-refractivity contribution is -0.138. The summed E-state index contributed by atoms with van der Waals surface area (Å²) in [4.78, 5) is 7.22. The molecule has 0 bridgehead atoms. The Morgan fingerprint density at radius 1 is 1.02 bits per heavy atom. The first-order chi connectivity index (χ1) is 20.5. The molecule has 2 saturated heterocycles. The molecule has 4 heterocycles. The molecule has 218 valence electrons. The molecule has 3 aliphatic carbocycles. The Hall–Kier alpha value is -3.56. The molecule has 3 aromatic rings. The standard InChI is InChI=1S/C33H40N8O/c1-21-4-2-5-23-6-3-7-25-19-28(37-38-30(25)29(21)23)41-31(34)36-32(39-41)35-26-11-8-22-9-12-27(13-10-24(22)18-26)40-16-14-33(20-40)15-17-42-33/h2,5,8,11,18-19,21,27H,3-4,6-7,9-10,12-17,20H2,1H3,(H3,34,35,36,39). The molecular weight excluding hydrogens is 524 g/mol. The largest absolute Gasteiger partial charge is 0.373 e. The number of nitrogens with one attached hydrogen (secondary N) is 1. The zero-order valence-corrected chi connectivity index (χ0v) is 24.5. The summed E-state index contributed by atoms with van der Waals surface area (Å²) in [6, 6.07) is 9.40. The number of nitrogens with zero attached hydrogens (tertiary/aromatic N) is 6. The number of allylic oxidation sites excluding steroid dienone is 4. The van der Waals surface area contributed by atoms with Gasteiger partial charge in [0, 0.05) is 31.2 Å². The highest BCUT2D eigenvalue weighted by molar-refractivity contribution is 5.74. The van der Waals surface area contributed by atoms with Crippen molar-refractivity contribution in [1.29, 1.82) is 0 Å². The number of rotatable bonds is 4. The monoisotopic (exact) mass is 564 g/mol. The molecule has 42 heavy (non-hydrogen) atoms. The highest BCUT2D eigenvalue weighted by Crippen LogP contribution is 2.40. The van der Waals surface area contributed by atoms with Crippen LogP contribution in [-0.4, -0.2) is 61.2 Å². The van der Waals surface area contributed by atoms with E-state index in [4.69, 9.17) is 20.7 Å². The SMILES string of the molecule is CC1CC=CC2=C1c1nnc(-n3nc(Nc4ccc5c(c4)CCC(N4CCC6(CCO6)C4)CC5)nc3N)cc1CCC2. The molecule has 1 aromatic carbocycles. The highest BCUT2D eigenvalue weighted by Gasteiger charge is 2.45. The molecule has 2 aliphatic heterocycles. The van der Waals surface area contributed by atoms with E-state index in [1.54, 1.807) is 4.68 Å². The Kier molecular flexibility index (Phi) is 6.41. The van der Waals surface area contributed by atoms with E-state index in [2.05, 4.69) is 63.6 Å². The molecule has 3 atom stereocenters. The molecule has 3 unspecified atom stereocenters. The minimum absolute atomic E-state index is 0.172. The average molecular weight is 565 g/mol. The number of hydrogen-bond donors (Lipinski definition) is 2. The van der Waals surface area contributed by atoms with E-state index in [1.807, 2.05) is 0 Å². The summed E-state index contributed by atoms with van der Waals surface area (Å²) in [6.45, 7) is 5.51. The van der Waals surface area contributed by atoms with Crippen LogP contribution in [0.1, 0.15) is 74.3 Å². The average Bonchev–Trinajstić information content (AvgIpc) is 3.45. The van der Waals surface area contributed by atoms with Gasteiger partial charge in [-0.3, -0.25) is 4.90 Å². The van der Waals surface area contributed by atoms with Gasteiger partial charge in [0.05, 0.1) is 17.9 Å². The third kappa shape index (κ3) is 4.63. The van der Waals surface area contributed by atoms with Gasteiger partial charge in [-0.1, -0.05) is 25.1 Å². The smallest absolute Gasteiger partial charge is 0.248 e. The van der Waals surface area contributed by atoms with Gasteiger partial charge in [-0.05, 0) is 110 Å². The number of aryl methyl sites for hydroxylation is 3. The van der Waals surface area contributed by atoms with Gasteiger partial charge in [0.25, 0.3) is 0 Å². The van der Waals surface area contributed by atoms with Crippen LogP contribution in [0.5, 0.6) is 0 Å². The second kappa shape index (κ2) is 10.3. The molecule has 5 aliphatic rings. The lowest BCUT2D eigenvalue weighted by atomic mass is 9.85. The Bertz CT molecular complexity index is 1580. The van der Waals surface area contributed by atoms with Crippen molar-refractivity contribution in [3.63, 3.8) is 0 Å². The number of nitrogens with two attached hydrogens (primary N) is 1. The predicted octanol–water partition coefficient (Wildman–Crippen LogP) is 5.18. The van der Waals surface area contributed by atoms with Gasteiger partial charge in [-0.25, -0.2) is 0 Å². The second-order valence-electron chi connectivity index (χ2n) is 13.0. The van der Waals surface area contributed by atoms with E-state index in [1.165, 1.54) is 60.1 Å². The van der Waals surface area contributed by atoms with Crippen molar-refractivity contribution in [3.05, 3.63) is 64.4 Å². The lowest BCUT2D eigenvalue weighted by Crippen LogP contribution is -2.47. The molecule has 9 heteroatoms. The fourth-order valence-electron chi connectivity index (χ4n) is 7.86. The molecule has 9 nitrogen and oxygen atoms in total. The first kappa shape index (κ1) is 26.1. The lowest BCUT2D eigenvalue weighted by Gasteiger charge is -2.39. The number of fused-ring (bicyclic) bond motifs is 3. The number of ether oxygens (including phenoxy) is 1. The number of benzene rings is 1. The number of hydrogen-bond acceptors (Lipinski definition) is 8. The number of likely N-dealkylation sites (tertiary alicyclic amines) is 1. The van der Waals surface area contributed by atoms with Crippen molar-refractivity contribution >= 4 is 23.2 Å². The molecule has 2 fully saturated rings. The third-order valence-corrected chi connectivity index (χ3v) is 10.3. The minimum Gasteiger partial charge on any atom is -0.373 e. The summed E-state index contributed by atoms with van der Waals surface area (Å²) in [5, 5.41) is 17.4.